The zero-order chi connectivity index (χ0) is 15.0. The molecule has 1 aliphatic rings. The number of hydrogen-bond donors (Lipinski definition) is 1. The molecule has 1 aliphatic heterocycles. The van der Waals surface area contributed by atoms with E-state index in [4.69, 9.17) is 0 Å². The van der Waals surface area contributed by atoms with Crippen LogP contribution in [0.1, 0.15) is 22.8 Å². The molecule has 108 valence electrons. The minimum atomic E-state index is -0.698. The van der Waals surface area contributed by atoms with Crippen LogP contribution in [0.3, 0.4) is 0 Å². The highest BCUT2D eigenvalue weighted by Gasteiger charge is 2.28. The first-order valence-corrected chi connectivity index (χ1v) is 6.94. The topological polar surface area (TPSA) is 40.5 Å². The van der Waals surface area contributed by atoms with Gasteiger partial charge in [0.1, 0.15) is 11.6 Å². The molecule has 21 heavy (non-hydrogen) atoms. The first-order valence-electron chi connectivity index (χ1n) is 6.94. The van der Waals surface area contributed by atoms with Crippen molar-refractivity contribution in [2.45, 2.75) is 13.3 Å². The molecule has 0 spiro atoms. The lowest BCUT2D eigenvalue weighted by Gasteiger charge is -2.33. The van der Waals surface area contributed by atoms with Gasteiger partial charge in [0.15, 0.2) is 0 Å². The van der Waals surface area contributed by atoms with Gasteiger partial charge in [-0.2, -0.15) is 0 Å². The molecule has 0 aromatic heterocycles. The quantitative estimate of drug-likeness (QED) is 0.872. The summed E-state index contributed by atoms with van der Waals surface area (Å²) >= 11 is 0. The highest BCUT2D eigenvalue weighted by molar-refractivity contribution is 6.07. The summed E-state index contributed by atoms with van der Waals surface area (Å²) in [5.41, 5.74) is 1.92. The van der Waals surface area contributed by atoms with E-state index in [2.05, 4.69) is 6.92 Å². The predicted octanol–water partition coefficient (Wildman–Crippen LogP) is 3.37. The van der Waals surface area contributed by atoms with E-state index in [1.807, 2.05) is 24.3 Å². The van der Waals surface area contributed by atoms with Gasteiger partial charge in [0.25, 0.3) is 5.91 Å². The molecule has 0 saturated carbocycles. The normalized spacial score (nSPS) is 17.4. The van der Waals surface area contributed by atoms with Gasteiger partial charge in [-0.1, -0.05) is 25.1 Å². The van der Waals surface area contributed by atoms with Crippen molar-refractivity contribution in [3.63, 3.8) is 0 Å². The summed E-state index contributed by atoms with van der Waals surface area (Å²) in [6.45, 7) is 2.64. The van der Waals surface area contributed by atoms with Gasteiger partial charge in [-0.3, -0.25) is 4.79 Å². The third-order valence-corrected chi connectivity index (χ3v) is 3.77. The van der Waals surface area contributed by atoms with Crippen LogP contribution >= 0.6 is 0 Å². The number of fused-ring (bicyclic) bond motifs is 1. The molecule has 1 N–H and O–H groups in total. The number of phenolic OH excluding ortho intramolecular Hbond substituents is 1. The summed E-state index contributed by atoms with van der Waals surface area (Å²) < 4.78 is 13.9. The molecule has 0 saturated heterocycles. The Morgan fingerprint density at radius 3 is 2.81 bits per heavy atom. The molecule has 3 nitrogen and oxygen atoms in total. The standard InChI is InChI=1S/C17H16FNO2/c1-11-8-12-4-2-3-5-16(12)19(10-11)17(21)14-7-6-13(20)9-15(14)18/h2-7,9,11,20H,8,10H2,1H3. The molecule has 1 atom stereocenters. The number of phenols is 1. The van der Waals surface area contributed by atoms with E-state index in [0.29, 0.717) is 12.5 Å². The van der Waals surface area contributed by atoms with Gasteiger partial charge in [0, 0.05) is 18.3 Å². The molecular weight excluding hydrogens is 269 g/mol. The molecular formula is C17H16FNO2. The van der Waals surface area contributed by atoms with E-state index >= 15 is 0 Å². The maximum Gasteiger partial charge on any atom is 0.261 e. The Bertz CT molecular complexity index is 699. The molecule has 0 bridgehead atoms. The third kappa shape index (κ3) is 2.49. The van der Waals surface area contributed by atoms with Gasteiger partial charge in [-0.05, 0) is 36.1 Å². The number of nitrogens with zero attached hydrogens (tertiary/aromatic N) is 1. The lowest BCUT2D eigenvalue weighted by molar-refractivity contribution is 0.0977. The summed E-state index contributed by atoms with van der Waals surface area (Å²) in [5.74, 6) is -0.928. The van der Waals surface area contributed by atoms with Crippen molar-refractivity contribution in [1.29, 1.82) is 0 Å². The molecule has 2 aromatic rings. The van der Waals surface area contributed by atoms with Gasteiger partial charge in [0.05, 0.1) is 5.56 Å². The van der Waals surface area contributed by atoms with Crippen molar-refractivity contribution in [3.8, 4) is 5.75 Å². The van der Waals surface area contributed by atoms with Crippen LogP contribution in [-0.2, 0) is 6.42 Å². The maximum atomic E-state index is 13.9. The first-order chi connectivity index (χ1) is 10.1. The number of para-hydroxylation sites is 1. The van der Waals surface area contributed by atoms with Crippen LogP contribution in [0.4, 0.5) is 10.1 Å². The van der Waals surface area contributed by atoms with Crippen LogP contribution in [0.25, 0.3) is 0 Å². The number of aromatic hydroxyl groups is 1. The van der Waals surface area contributed by atoms with Crippen molar-refractivity contribution < 1.29 is 14.3 Å². The summed E-state index contributed by atoms with van der Waals surface area (Å²) in [4.78, 5) is 14.3. The molecule has 1 heterocycles. The van der Waals surface area contributed by atoms with E-state index in [-0.39, 0.29) is 17.2 Å². The van der Waals surface area contributed by atoms with Crippen LogP contribution in [0.5, 0.6) is 5.75 Å². The Morgan fingerprint density at radius 1 is 1.29 bits per heavy atom. The molecule has 3 rings (SSSR count). The van der Waals surface area contributed by atoms with Crippen molar-refractivity contribution in [2.24, 2.45) is 5.92 Å². The number of benzene rings is 2. The fraction of sp³-hybridized carbons (Fsp3) is 0.235. The van der Waals surface area contributed by atoms with Crippen LogP contribution in [-0.4, -0.2) is 17.6 Å². The summed E-state index contributed by atoms with van der Waals surface area (Å²) in [7, 11) is 0. The maximum absolute atomic E-state index is 13.9. The zero-order valence-corrected chi connectivity index (χ0v) is 11.7. The molecule has 1 unspecified atom stereocenters. The monoisotopic (exact) mass is 285 g/mol. The minimum Gasteiger partial charge on any atom is -0.508 e. The average molecular weight is 285 g/mol. The number of anilines is 1. The van der Waals surface area contributed by atoms with Crippen LogP contribution in [0.15, 0.2) is 42.5 Å². The molecule has 1 amide bonds. The second-order valence-electron chi connectivity index (χ2n) is 5.52. The molecule has 0 radical (unpaired) electrons. The van der Waals surface area contributed by atoms with Gasteiger partial charge < -0.3 is 10.0 Å². The Kier molecular flexibility index (Phi) is 3.37. The van der Waals surface area contributed by atoms with E-state index in [1.165, 1.54) is 12.1 Å². The summed E-state index contributed by atoms with van der Waals surface area (Å²) in [6.07, 6.45) is 0.915. The van der Waals surface area contributed by atoms with Gasteiger partial charge >= 0.3 is 0 Å². The molecule has 0 aliphatic carbocycles. The van der Waals surface area contributed by atoms with Gasteiger partial charge in [-0.25, -0.2) is 4.39 Å². The Morgan fingerprint density at radius 2 is 2.05 bits per heavy atom. The van der Waals surface area contributed by atoms with E-state index in [9.17, 15) is 14.3 Å². The van der Waals surface area contributed by atoms with Gasteiger partial charge in [0.2, 0.25) is 0 Å². The van der Waals surface area contributed by atoms with Crippen molar-refractivity contribution in [2.75, 3.05) is 11.4 Å². The Balaban J connectivity index is 2.02. The van der Waals surface area contributed by atoms with Crippen LogP contribution < -0.4 is 4.90 Å². The summed E-state index contributed by atoms with van der Waals surface area (Å²) in [6, 6.07) is 11.3. The first kappa shape index (κ1) is 13.6. The van der Waals surface area contributed by atoms with Crippen molar-refractivity contribution >= 4 is 11.6 Å². The van der Waals surface area contributed by atoms with Crippen LogP contribution in [0, 0.1) is 11.7 Å². The number of hydrogen-bond acceptors (Lipinski definition) is 2. The minimum absolute atomic E-state index is 0.0169. The van der Waals surface area contributed by atoms with Crippen molar-refractivity contribution in [3.05, 3.63) is 59.4 Å². The number of rotatable bonds is 1. The van der Waals surface area contributed by atoms with E-state index < -0.39 is 5.82 Å². The second-order valence-corrected chi connectivity index (χ2v) is 5.52. The SMILES string of the molecule is CC1Cc2ccccc2N(C(=O)c2ccc(O)cc2F)C1. The van der Waals surface area contributed by atoms with Crippen molar-refractivity contribution in [1.82, 2.24) is 0 Å². The number of carbonyl (C=O) groups excluding carboxylic acids is 1. The smallest absolute Gasteiger partial charge is 0.261 e. The lowest BCUT2D eigenvalue weighted by atomic mass is 9.93. The summed E-state index contributed by atoms with van der Waals surface area (Å²) in [5, 5.41) is 9.26. The van der Waals surface area contributed by atoms with E-state index in [0.717, 1.165) is 23.7 Å². The Labute approximate surface area is 122 Å². The zero-order valence-electron chi connectivity index (χ0n) is 11.7. The second kappa shape index (κ2) is 5.20. The lowest BCUT2D eigenvalue weighted by Crippen LogP contribution is -2.39. The molecule has 0 fully saturated rings. The largest absolute Gasteiger partial charge is 0.508 e. The highest BCUT2D eigenvalue weighted by atomic mass is 19.1. The predicted molar refractivity (Wildman–Crippen MR) is 79.1 cm³/mol. The third-order valence-electron chi connectivity index (χ3n) is 3.77. The molecule has 2 aromatic carbocycles. The average Bonchev–Trinajstić information content (AvgIpc) is 2.45. The number of amides is 1. The fourth-order valence-electron chi connectivity index (χ4n) is 2.81. The van der Waals surface area contributed by atoms with Crippen LogP contribution in [0.2, 0.25) is 0 Å². The number of halogens is 1. The fourth-order valence-corrected chi connectivity index (χ4v) is 2.81. The van der Waals surface area contributed by atoms with Gasteiger partial charge in [-0.15, -0.1) is 0 Å². The Hall–Kier alpha value is -2.36. The molecule has 4 heteroatoms. The number of carbonyl (C=O) groups is 1. The highest BCUT2D eigenvalue weighted by Crippen LogP contribution is 2.31. The van der Waals surface area contributed by atoms with E-state index in [1.54, 1.807) is 4.90 Å².